The Balaban J connectivity index is 1.41. The first-order valence-electron chi connectivity index (χ1n) is 10.3. The maximum Gasteiger partial charge on any atom is 0.471 e. The molecule has 12 heteroatoms. The molecule has 0 aliphatic carbocycles. The molecular formula is C23H17Cl3F3N3O3. The number of hydrogen-bond donors (Lipinski definition) is 1. The number of nitrogens with zero attached hydrogens (tertiary/aromatic N) is 2. The highest BCUT2D eigenvalue weighted by Crippen LogP contribution is 2.35. The van der Waals surface area contributed by atoms with E-state index in [0.717, 1.165) is 4.90 Å². The zero-order chi connectivity index (χ0) is 25.3. The van der Waals surface area contributed by atoms with E-state index in [1.165, 1.54) is 12.1 Å². The van der Waals surface area contributed by atoms with Gasteiger partial charge in [0.25, 0.3) is 5.91 Å². The van der Waals surface area contributed by atoms with E-state index in [1.807, 2.05) is 0 Å². The molecule has 1 aliphatic heterocycles. The Morgan fingerprint density at radius 1 is 0.914 bits per heavy atom. The maximum absolute atomic E-state index is 12.6. The van der Waals surface area contributed by atoms with Gasteiger partial charge in [0, 0.05) is 37.4 Å². The van der Waals surface area contributed by atoms with Crippen molar-refractivity contribution < 1.29 is 27.2 Å². The molecular weight excluding hydrogens is 530 g/mol. The highest BCUT2D eigenvalue weighted by atomic mass is 35.5. The Bertz CT molecular complexity index is 1270. The molecule has 2 amide bonds. The van der Waals surface area contributed by atoms with Crippen LogP contribution in [-0.2, 0) is 4.79 Å². The number of hydrogen-bond acceptors (Lipinski definition) is 4. The fraction of sp³-hybridized carbons (Fsp3) is 0.217. The van der Waals surface area contributed by atoms with Gasteiger partial charge in [-0.05, 0) is 42.5 Å². The number of carbonyl (C=O) groups excluding carboxylic acids is 2. The summed E-state index contributed by atoms with van der Waals surface area (Å²) >= 11 is 18.6. The lowest BCUT2D eigenvalue weighted by Gasteiger charge is -2.36. The minimum Gasteiger partial charge on any atom is -0.451 e. The van der Waals surface area contributed by atoms with E-state index >= 15 is 0 Å². The quantitative estimate of drug-likeness (QED) is 0.413. The third kappa shape index (κ3) is 5.52. The van der Waals surface area contributed by atoms with Crippen molar-refractivity contribution in [1.82, 2.24) is 4.90 Å². The summed E-state index contributed by atoms with van der Waals surface area (Å²) in [6.45, 7) is 0.220. The lowest BCUT2D eigenvalue weighted by molar-refractivity contribution is -0.185. The standard InChI is InChI=1S/C23H17Cl3F3N3O3/c24-15-3-1-2-14(20(15)26)18-6-7-19(35-18)21(33)30-13-4-5-17(16(25)12-13)31-8-10-32(11-9-31)22(34)23(27,28)29/h1-7,12H,8-11H2,(H,30,33). The Morgan fingerprint density at radius 2 is 1.63 bits per heavy atom. The highest BCUT2D eigenvalue weighted by Gasteiger charge is 2.43. The molecule has 1 fully saturated rings. The van der Waals surface area contributed by atoms with Crippen molar-refractivity contribution in [2.45, 2.75) is 6.18 Å². The van der Waals surface area contributed by atoms with E-state index < -0.39 is 18.0 Å². The summed E-state index contributed by atoms with van der Waals surface area (Å²) < 4.78 is 43.5. The van der Waals surface area contributed by atoms with Crippen LogP contribution in [0, 0.1) is 0 Å². The number of furan rings is 1. The summed E-state index contributed by atoms with van der Waals surface area (Å²) in [7, 11) is 0. The van der Waals surface area contributed by atoms with E-state index in [2.05, 4.69) is 5.32 Å². The molecule has 3 aromatic rings. The SMILES string of the molecule is O=C(Nc1ccc(N2CCN(C(=O)C(F)(F)F)CC2)c(Cl)c1)c1ccc(-c2cccc(Cl)c2Cl)o1. The predicted molar refractivity (Wildman–Crippen MR) is 128 cm³/mol. The molecule has 1 aromatic heterocycles. The van der Waals surface area contributed by atoms with Gasteiger partial charge < -0.3 is 19.5 Å². The van der Waals surface area contributed by atoms with Crippen LogP contribution in [-0.4, -0.2) is 49.1 Å². The second-order valence-electron chi connectivity index (χ2n) is 7.66. The summed E-state index contributed by atoms with van der Waals surface area (Å²) in [5.74, 6) is -1.95. The summed E-state index contributed by atoms with van der Waals surface area (Å²) in [6.07, 6.45) is -4.89. The topological polar surface area (TPSA) is 65.8 Å². The second kappa shape index (κ2) is 10.0. The number of halogens is 6. The van der Waals surface area contributed by atoms with Crippen LogP contribution in [0.2, 0.25) is 15.1 Å². The summed E-state index contributed by atoms with van der Waals surface area (Å²) in [5.41, 5.74) is 1.52. The molecule has 2 heterocycles. The number of piperazine rings is 1. The van der Waals surface area contributed by atoms with Crippen LogP contribution in [0.3, 0.4) is 0 Å². The molecule has 1 aliphatic rings. The molecule has 1 saturated heterocycles. The molecule has 2 aromatic carbocycles. The van der Waals surface area contributed by atoms with Gasteiger partial charge >= 0.3 is 12.1 Å². The number of amides is 2. The van der Waals surface area contributed by atoms with Crippen LogP contribution in [0.5, 0.6) is 0 Å². The van der Waals surface area contributed by atoms with E-state index in [4.69, 9.17) is 39.2 Å². The van der Waals surface area contributed by atoms with Gasteiger partial charge in [-0.25, -0.2) is 0 Å². The number of anilines is 2. The molecule has 1 N–H and O–H groups in total. The van der Waals surface area contributed by atoms with Crippen LogP contribution in [0.4, 0.5) is 24.5 Å². The molecule has 4 rings (SSSR count). The van der Waals surface area contributed by atoms with E-state index in [-0.39, 0.29) is 31.9 Å². The molecule has 35 heavy (non-hydrogen) atoms. The summed E-state index contributed by atoms with van der Waals surface area (Å²) in [6, 6.07) is 13.0. The molecule has 0 spiro atoms. The van der Waals surface area contributed by atoms with Gasteiger partial charge in [0.15, 0.2) is 5.76 Å². The van der Waals surface area contributed by atoms with Crippen molar-refractivity contribution >= 4 is 58.0 Å². The molecule has 0 radical (unpaired) electrons. The first-order valence-corrected chi connectivity index (χ1v) is 11.4. The normalized spacial score (nSPS) is 14.2. The second-order valence-corrected chi connectivity index (χ2v) is 8.85. The van der Waals surface area contributed by atoms with Crippen molar-refractivity contribution in [3.05, 3.63) is 69.4 Å². The minimum atomic E-state index is -4.89. The molecule has 0 saturated carbocycles. The van der Waals surface area contributed by atoms with Gasteiger partial charge in [0.2, 0.25) is 0 Å². The van der Waals surface area contributed by atoms with Crippen molar-refractivity contribution in [3.63, 3.8) is 0 Å². The summed E-state index contributed by atoms with van der Waals surface area (Å²) in [5, 5.41) is 3.64. The number of carbonyl (C=O) groups is 2. The van der Waals surface area contributed by atoms with Crippen LogP contribution in [0.1, 0.15) is 10.6 Å². The van der Waals surface area contributed by atoms with Crippen molar-refractivity contribution in [1.29, 1.82) is 0 Å². The monoisotopic (exact) mass is 545 g/mol. The maximum atomic E-state index is 12.6. The van der Waals surface area contributed by atoms with Gasteiger partial charge in [0.05, 0.1) is 20.8 Å². The highest BCUT2D eigenvalue weighted by molar-refractivity contribution is 6.43. The number of alkyl halides is 3. The minimum absolute atomic E-state index is 0.0432. The Labute approximate surface area is 213 Å². The van der Waals surface area contributed by atoms with Crippen LogP contribution in [0.15, 0.2) is 52.9 Å². The molecule has 0 atom stereocenters. The van der Waals surface area contributed by atoms with Gasteiger partial charge in [-0.3, -0.25) is 9.59 Å². The van der Waals surface area contributed by atoms with Crippen LogP contribution < -0.4 is 10.2 Å². The van der Waals surface area contributed by atoms with Crippen molar-refractivity contribution in [2.75, 3.05) is 36.4 Å². The number of rotatable bonds is 4. The molecule has 6 nitrogen and oxygen atoms in total. The number of benzene rings is 2. The lowest BCUT2D eigenvalue weighted by atomic mass is 10.2. The Morgan fingerprint density at radius 3 is 2.29 bits per heavy atom. The molecule has 184 valence electrons. The first-order chi connectivity index (χ1) is 16.5. The van der Waals surface area contributed by atoms with Gasteiger partial charge in [-0.2, -0.15) is 13.2 Å². The Hall–Kier alpha value is -2.88. The largest absolute Gasteiger partial charge is 0.471 e. The predicted octanol–water partition coefficient (Wildman–Crippen LogP) is 6.37. The average Bonchev–Trinajstić information content (AvgIpc) is 3.30. The van der Waals surface area contributed by atoms with Gasteiger partial charge in [-0.1, -0.05) is 40.9 Å². The van der Waals surface area contributed by atoms with Crippen molar-refractivity contribution in [2.24, 2.45) is 0 Å². The molecule has 0 bridgehead atoms. The van der Waals surface area contributed by atoms with Crippen LogP contribution >= 0.6 is 34.8 Å². The number of nitrogens with one attached hydrogen (secondary N) is 1. The van der Waals surface area contributed by atoms with Gasteiger partial charge in [-0.15, -0.1) is 0 Å². The fourth-order valence-electron chi connectivity index (χ4n) is 3.66. The average molecular weight is 547 g/mol. The third-order valence-electron chi connectivity index (χ3n) is 5.40. The zero-order valence-corrected chi connectivity index (χ0v) is 20.1. The third-order valence-corrected chi connectivity index (χ3v) is 6.52. The fourth-order valence-corrected chi connectivity index (χ4v) is 4.36. The van der Waals surface area contributed by atoms with Gasteiger partial charge in [0.1, 0.15) is 5.76 Å². The van der Waals surface area contributed by atoms with E-state index in [1.54, 1.807) is 41.3 Å². The smallest absolute Gasteiger partial charge is 0.451 e. The summed E-state index contributed by atoms with van der Waals surface area (Å²) in [4.78, 5) is 26.6. The van der Waals surface area contributed by atoms with E-state index in [0.29, 0.717) is 37.8 Å². The zero-order valence-electron chi connectivity index (χ0n) is 17.8. The van der Waals surface area contributed by atoms with Crippen LogP contribution in [0.25, 0.3) is 11.3 Å². The molecule has 0 unspecified atom stereocenters. The lowest BCUT2D eigenvalue weighted by Crippen LogP contribution is -2.52. The Kier molecular flexibility index (Phi) is 7.21. The first kappa shape index (κ1) is 25.2. The van der Waals surface area contributed by atoms with E-state index in [9.17, 15) is 22.8 Å². The van der Waals surface area contributed by atoms with Crippen molar-refractivity contribution in [3.8, 4) is 11.3 Å².